The van der Waals surface area contributed by atoms with Gasteiger partial charge in [-0.3, -0.25) is 4.79 Å². The molecule has 3 unspecified atom stereocenters. The highest BCUT2D eigenvalue weighted by molar-refractivity contribution is 5.74. The monoisotopic (exact) mass is 198 g/mol. The summed E-state index contributed by atoms with van der Waals surface area (Å²) < 4.78 is 5.16. The summed E-state index contributed by atoms with van der Waals surface area (Å²) in [5.41, 5.74) is 0. The van der Waals surface area contributed by atoms with Gasteiger partial charge in [0.25, 0.3) is 0 Å². The van der Waals surface area contributed by atoms with Crippen LogP contribution in [0.1, 0.15) is 26.7 Å². The fraction of sp³-hybridized carbons (Fsp3) is 0.727. The van der Waals surface area contributed by atoms with Gasteiger partial charge in [-0.15, -0.1) is 6.42 Å². The molecule has 0 saturated carbocycles. The molecule has 0 radical (unpaired) electrons. The lowest BCUT2D eigenvalue weighted by atomic mass is 9.89. The van der Waals surface area contributed by atoms with E-state index in [9.17, 15) is 4.79 Å². The summed E-state index contributed by atoms with van der Waals surface area (Å²) in [6.45, 7) is 4.01. The maximum Gasteiger partial charge on any atom is 0.321 e. The molecule has 0 aliphatic heterocycles. The molecule has 14 heavy (non-hydrogen) atoms. The number of carbonyl (C=O) groups is 1. The number of ether oxygens (including phenoxy) is 1. The fourth-order valence-corrected chi connectivity index (χ4v) is 1.62. The van der Waals surface area contributed by atoms with Crippen molar-refractivity contribution in [2.24, 2.45) is 11.8 Å². The molecule has 3 heteroatoms. The largest absolute Gasteiger partial charge is 0.480 e. The van der Waals surface area contributed by atoms with E-state index in [0.717, 1.165) is 12.8 Å². The summed E-state index contributed by atoms with van der Waals surface area (Å²) in [6.07, 6.45) is 6.70. The van der Waals surface area contributed by atoms with Gasteiger partial charge in [0.15, 0.2) is 0 Å². The molecule has 0 aromatic carbocycles. The average Bonchev–Trinajstić information content (AvgIpc) is 2.13. The Bertz CT molecular complexity index is 217. The minimum atomic E-state index is -0.984. The van der Waals surface area contributed by atoms with Crippen LogP contribution >= 0.6 is 0 Å². The second kappa shape index (κ2) is 6.44. The molecular formula is C11H18O3. The number of rotatable bonds is 6. The van der Waals surface area contributed by atoms with Crippen LogP contribution in [0.2, 0.25) is 0 Å². The first kappa shape index (κ1) is 13.0. The topological polar surface area (TPSA) is 46.5 Å². The fourth-order valence-electron chi connectivity index (χ4n) is 1.62. The molecule has 0 fully saturated rings. The SMILES string of the molecule is C#CC(C(=O)O)C(OC)C(C)CCC. The van der Waals surface area contributed by atoms with Crippen LogP contribution in [-0.2, 0) is 9.53 Å². The standard InChI is InChI=1S/C11H18O3/c1-5-7-8(3)10(14-4)9(6-2)11(12)13/h2,8-10H,5,7H2,1,3-4H3,(H,12,13). The van der Waals surface area contributed by atoms with E-state index in [1.807, 2.05) is 6.92 Å². The van der Waals surface area contributed by atoms with Crippen molar-refractivity contribution in [3.8, 4) is 12.3 Å². The van der Waals surface area contributed by atoms with Gasteiger partial charge in [0, 0.05) is 7.11 Å². The zero-order valence-corrected chi connectivity index (χ0v) is 8.99. The molecule has 0 rings (SSSR count). The minimum Gasteiger partial charge on any atom is -0.480 e. The average molecular weight is 198 g/mol. The number of carboxylic acid groups (broad SMARTS) is 1. The molecular weight excluding hydrogens is 180 g/mol. The van der Waals surface area contributed by atoms with Gasteiger partial charge in [-0.05, 0) is 12.3 Å². The lowest BCUT2D eigenvalue weighted by Crippen LogP contribution is -2.34. The summed E-state index contributed by atoms with van der Waals surface area (Å²) in [6, 6.07) is 0. The normalized spacial score (nSPS) is 16.7. The number of aliphatic carboxylic acids is 1. The van der Waals surface area contributed by atoms with Crippen LogP contribution in [-0.4, -0.2) is 24.3 Å². The Labute approximate surface area is 85.5 Å². The lowest BCUT2D eigenvalue weighted by molar-refractivity contribution is -0.145. The Hall–Kier alpha value is -1.01. The van der Waals surface area contributed by atoms with Gasteiger partial charge in [0.2, 0.25) is 0 Å². The molecule has 0 spiro atoms. The second-order valence-electron chi connectivity index (χ2n) is 3.45. The molecule has 0 saturated heterocycles. The van der Waals surface area contributed by atoms with Crippen LogP contribution in [0, 0.1) is 24.2 Å². The quantitative estimate of drug-likeness (QED) is 0.662. The van der Waals surface area contributed by atoms with Gasteiger partial charge in [-0.25, -0.2) is 0 Å². The third-order valence-electron chi connectivity index (χ3n) is 2.35. The first-order valence-electron chi connectivity index (χ1n) is 4.80. The number of terminal acetylenes is 1. The van der Waals surface area contributed by atoms with E-state index in [-0.39, 0.29) is 5.92 Å². The highest BCUT2D eigenvalue weighted by Crippen LogP contribution is 2.20. The number of carboxylic acids is 1. The van der Waals surface area contributed by atoms with Crippen LogP contribution in [0.4, 0.5) is 0 Å². The first-order valence-corrected chi connectivity index (χ1v) is 4.80. The van der Waals surface area contributed by atoms with E-state index >= 15 is 0 Å². The third kappa shape index (κ3) is 3.39. The van der Waals surface area contributed by atoms with E-state index in [4.69, 9.17) is 16.3 Å². The summed E-state index contributed by atoms with van der Waals surface area (Å²) in [5, 5.41) is 8.87. The van der Waals surface area contributed by atoms with Crippen molar-refractivity contribution in [1.29, 1.82) is 0 Å². The van der Waals surface area contributed by atoms with Gasteiger partial charge in [-0.2, -0.15) is 0 Å². The van der Waals surface area contributed by atoms with Crippen LogP contribution in [0.3, 0.4) is 0 Å². The van der Waals surface area contributed by atoms with E-state index in [1.165, 1.54) is 7.11 Å². The molecule has 0 aliphatic carbocycles. The lowest BCUT2D eigenvalue weighted by Gasteiger charge is -2.24. The molecule has 0 amide bonds. The van der Waals surface area contributed by atoms with Crippen LogP contribution in [0.5, 0.6) is 0 Å². The Balaban J connectivity index is 4.52. The van der Waals surface area contributed by atoms with E-state index in [1.54, 1.807) is 0 Å². The predicted molar refractivity (Wildman–Crippen MR) is 54.8 cm³/mol. The van der Waals surface area contributed by atoms with Gasteiger partial charge in [0.05, 0.1) is 6.10 Å². The van der Waals surface area contributed by atoms with Crippen molar-refractivity contribution >= 4 is 5.97 Å². The van der Waals surface area contributed by atoms with Crippen LogP contribution in [0.25, 0.3) is 0 Å². The Morgan fingerprint density at radius 1 is 1.64 bits per heavy atom. The Kier molecular flexibility index (Phi) is 5.98. The van der Waals surface area contributed by atoms with Gasteiger partial charge in [-0.1, -0.05) is 26.2 Å². The summed E-state index contributed by atoms with van der Waals surface area (Å²) in [5.74, 6) is 0.606. The maximum atomic E-state index is 10.8. The Morgan fingerprint density at radius 3 is 2.50 bits per heavy atom. The summed E-state index contributed by atoms with van der Waals surface area (Å²) in [7, 11) is 1.50. The first-order chi connectivity index (χ1) is 6.58. The summed E-state index contributed by atoms with van der Waals surface area (Å²) in [4.78, 5) is 10.8. The van der Waals surface area contributed by atoms with Crippen LogP contribution < -0.4 is 0 Å². The maximum absolute atomic E-state index is 10.8. The molecule has 0 aromatic rings. The number of methoxy groups -OCH3 is 1. The smallest absolute Gasteiger partial charge is 0.321 e. The van der Waals surface area contributed by atoms with Gasteiger partial charge < -0.3 is 9.84 Å². The van der Waals surface area contributed by atoms with Crippen molar-refractivity contribution in [1.82, 2.24) is 0 Å². The van der Waals surface area contributed by atoms with Crippen molar-refractivity contribution in [2.45, 2.75) is 32.8 Å². The summed E-state index contributed by atoms with van der Waals surface area (Å²) >= 11 is 0. The number of hydrogen-bond donors (Lipinski definition) is 1. The minimum absolute atomic E-state index is 0.169. The highest BCUT2D eigenvalue weighted by atomic mass is 16.5. The molecule has 3 atom stereocenters. The Morgan fingerprint density at radius 2 is 2.21 bits per heavy atom. The van der Waals surface area contributed by atoms with Crippen LogP contribution in [0.15, 0.2) is 0 Å². The van der Waals surface area contributed by atoms with E-state index < -0.39 is 18.0 Å². The second-order valence-corrected chi connectivity index (χ2v) is 3.45. The predicted octanol–water partition coefficient (Wildman–Crippen LogP) is 1.77. The van der Waals surface area contributed by atoms with E-state index in [2.05, 4.69) is 12.8 Å². The molecule has 0 bridgehead atoms. The van der Waals surface area contributed by atoms with Gasteiger partial charge >= 0.3 is 5.97 Å². The molecule has 0 aliphatic rings. The van der Waals surface area contributed by atoms with Crippen molar-refractivity contribution in [3.63, 3.8) is 0 Å². The molecule has 0 heterocycles. The third-order valence-corrected chi connectivity index (χ3v) is 2.35. The van der Waals surface area contributed by atoms with E-state index in [0.29, 0.717) is 0 Å². The van der Waals surface area contributed by atoms with Crippen molar-refractivity contribution in [3.05, 3.63) is 0 Å². The zero-order valence-electron chi connectivity index (χ0n) is 8.99. The molecule has 80 valence electrons. The highest BCUT2D eigenvalue weighted by Gasteiger charge is 2.30. The van der Waals surface area contributed by atoms with Crippen molar-refractivity contribution < 1.29 is 14.6 Å². The number of hydrogen-bond acceptors (Lipinski definition) is 2. The molecule has 1 N–H and O–H groups in total. The zero-order chi connectivity index (χ0) is 11.1. The van der Waals surface area contributed by atoms with Crippen molar-refractivity contribution in [2.75, 3.05) is 7.11 Å². The molecule has 3 nitrogen and oxygen atoms in total. The molecule has 0 aromatic heterocycles. The van der Waals surface area contributed by atoms with Gasteiger partial charge in [0.1, 0.15) is 5.92 Å².